The zero-order valence-electron chi connectivity index (χ0n) is 11.4. The molecule has 20 heavy (non-hydrogen) atoms. The van der Waals surface area contributed by atoms with Crippen LogP contribution in [0.5, 0.6) is 0 Å². The summed E-state index contributed by atoms with van der Waals surface area (Å²) in [5.74, 6) is -2.00. The number of hydrogen-bond donors (Lipinski definition) is 1. The van der Waals surface area contributed by atoms with E-state index in [1.165, 1.54) is 0 Å². The van der Waals surface area contributed by atoms with Gasteiger partial charge in [0.25, 0.3) is 0 Å². The fourth-order valence-corrected chi connectivity index (χ4v) is 1.66. The van der Waals surface area contributed by atoms with E-state index in [2.05, 4.69) is 5.32 Å². The molecule has 0 aliphatic carbocycles. The van der Waals surface area contributed by atoms with Crippen molar-refractivity contribution in [3.05, 3.63) is 29.3 Å². The quantitative estimate of drug-likeness (QED) is 0.815. The molecule has 6 heteroatoms. The minimum Gasteiger partial charge on any atom is -0.466 e. The first kappa shape index (κ1) is 15.9. The molecule has 108 valence electrons. The zero-order chi connectivity index (χ0) is 15.1. The van der Waals surface area contributed by atoms with Crippen molar-refractivity contribution in [1.29, 1.82) is 5.26 Å². The zero-order valence-corrected chi connectivity index (χ0v) is 11.4. The average molecular weight is 282 g/mol. The molecule has 0 saturated heterocycles. The molecule has 1 aromatic rings. The Morgan fingerprint density at radius 3 is 2.55 bits per heavy atom. The van der Waals surface area contributed by atoms with Crippen molar-refractivity contribution in [2.75, 3.05) is 11.9 Å². The van der Waals surface area contributed by atoms with Crippen molar-refractivity contribution in [2.24, 2.45) is 0 Å². The minimum absolute atomic E-state index is 0.0790. The predicted octanol–water partition coefficient (Wildman–Crippen LogP) is 2.98. The van der Waals surface area contributed by atoms with E-state index < -0.39 is 11.6 Å². The maximum Gasteiger partial charge on any atom is 0.305 e. The number of halogens is 2. The second-order valence-electron chi connectivity index (χ2n) is 4.32. The van der Waals surface area contributed by atoms with Crippen molar-refractivity contribution < 1.29 is 18.3 Å². The monoisotopic (exact) mass is 282 g/mol. The maximum atomic E-state index is 13.6. The topological polar surface area (TPSA) is 62.1 Å². The molecule has 0 aromatic heterocycles. The molecule has 0 aliphatic rings. The Bertz CT molecular complexity index is 503. The molecule has 0 heterocycles. The number of hydrogen-bond acceptors (Lipinski definition) is 4. The summed E-state index contributed by atoms with van der Waals surface area (Å²) in [5, 5.41) is 11.3. The van der Waals surface area contributed by atoms with Crippen LogP contribution in [0, 0.1) is 23.0 Å². The molecule has 0 spiro atoms. The first-order valence-electron chi connectivity index (χ1n) is 6.29. The molecule has 1 rings (SSSR count). The van der Waals surface area contributed by atoms with Crippen LogP contribution in [-0.4, -0.2) is 18.6 Å². The van der Waals surface area contributed by atoms with Crippen molar-refractivity contribution >= 4 is 11.7 Å². The van der Waals surface area contributed by atoms with Crippen molar-refractivity contribution in [3.8, 4) is 6.07 Å². The lowest BCUT2D eigenvalue weighted by atomic mass is 10.1. The Hall–Kier alpha value is -2.16. The molecule has 1 unspecified atom stereocenters. The maximum absolute atomic E-state index is 13.6. The SMILES string of the molecule is CCOC(=O)CCC(C)Nc1c(F)cc(C#N)cc1F. The van der Waals surface area contributed by atoms with E-state index in [9.17, 15) is 13.6 Å². The standard InChI is InChI=1S/C14H16F2N2O2/c1-3-20-13(19)5-4-9(2)18-14-11(15)6-10(8-17)7-12(14)16/h6-7,9,18H,3-5H2,1-2H3. The van der Waals surface area contributed by atoms with Gasteiger partial charge in [0.2, 0.25) is 0 Å². The summed E-state index contributed by atoms with van der Waals surface area (Å²) in [6, 6.07) is 3.29. The Morgan fingerprint density at radius 2 is 2.05 bits per heavy atom. The molecule has 1 atom stereocenters. The summed E-state index contributed by atoms with van der Waals surface area (Å²) < 4.78 is 32.0. The third-order valence-electron chi connectivity index (χ3n) is 2.65. The summed E-state index contributed by atoms with van der Waals surface area (Å²) in [4.78, 5) is 11.2. The van der Waals surface area contributed by atoms with Crippen LogP contribution in [0.2, 0.25) is 0 Å². The number of carbonyl (C=O) groups is 1. The highest BCUT2D eigenvalue weighted by molar-refractivity contribution is 5.69. The van der Waals surface area contributed by atoms with Crippen molar-refractivity contribution in [2.45, 2.75) is 32.7 Å². The van der Waals surface area contributed by atoms with E-state index in [1.807, 2.05) is 0 Å². The molecule has 0 bridgehead atoms. The van der Waals surface area contributed by atoms with Crippen LogP contribution in [0.3, 0.4) is 0 Å². The van der Waals surface area contributed by atoms with Gasteiger partial charge >= 0.3 is 5.97 Å². The second-order valence-corrected chi connectivity index (χ2v) is 4.32. The summed E-state index contributed by atoms with van der Waals surface area (Å²) in [6.45, 7) is 3.72. The molecule has 1 aromatic carbocycles. The smallest absolute Gasteiger partial charge is 0.305 e. The molecule has 0 radical (unpaired) electrons. The van der Waals surface area contributed by atoms with Crippen LogP contribution in [0.25, 0.3) is 0 Å². The van der Waals surface area contributed by atoms with Gasteiger partial charge in [-0.25, -0.2) is 8.78 Å². The number of nitrogens with one attached hydrogen (secondary N) is 1. The minimum atomic E-state index is -0.829. The molecule has 0 saturated carbocycles. The molecule has 0 amide bonds. The molecule has 1 N–H and O–H groups in total. The lowest BCUT2D eigenvalue weighted by Crippen LogP contribution is -2.19. The third-order valence-corrected chi connectivity index (χ3v) is 2.65. The largest absolute Gasteiger partial charge is 0.466 e. The Balaban J connectivity index is 2.65. The number of carbonyl (C=O) groups excluding carboxylic acids is 1. The number of nitriles is 1. The Kier molecular flexibility index (Phi) is 5.91. The highest BCUT2D eigenvalue weighted by Gasteiger charge is 2.14. The normalized spacial score (nSPS) is 11.6. The number of rotatable bonds is 6. The fourth-order valence-electron chi connectivity index (χ4n) is 1.66. The van der Waals surface area contributed by atoms with Crippen LogP contribution in [0.15, 0.2) is 12.1 Å². The highest BCUT2D eigenvalue weighted by atomic mass is 19.1. The third kappa shape index (κ3) is 4.50. The lowest BCUT2D eigenvalue weighted by molar-refractivity contribution is -0.143. The summed E-state index contributed by atoms with van der Waals surface area (Å²) in [6.07, 6.45) is 0.555. The van der Waals surface area contributed by atoms with Gasteiger partial charge < -0.3 is 10.1 Å². The Labute approximate surface area is 116 Å². The molecular weight excluding hydrogens is 266 g/mol. The number of anilines is 1. The van der Waals surface area contributed by atoms with Crippen LogP contribution < -0.4 is 5.32 Å². The fraction of sp³-hybridized carbons (Fsp3) is 0.429. The van der Waals surface area contributed by atoms with Gasteiger partial charge in [0.1, 0.15) is 5.69 Å². The van der Waals surface area contributed by atoms with Gasteiger partial charge in [-0.3, -0.25) is 4.79 Å². The van der Waals surface area contributed by atoms with Gasteiger partial charge in [-0.1, -0.05) is 0 Å². The van der Waals surface area contributed by atoms with Crippen LogP contribution in [0.4, 0.5) is 14.5 Å². The second kappa shape index (κ2) is 7.43. The van der Waals surface area contributed by atoms with E-state index in [-0.39, 0.29) is 29.7 Å². The van der Waals surface area contributed by atoms with Gasteiger partial charge in [-0.05, 0) is 32.4 Å². The Morgan fingerprint density at radius 1 is 1.45 bits per heavy atom. The van der Waals surface area contributed by atoms with E-state index in [0.29, 0.717) is 13.0 Å². The summed E-state index contributed by atoms with van der Waals surface area (Å²) in [7, 11) is 0. The van der Waals surface area contributed by atoms with Gasteiger partial charge in [-0.15, -0.1) is 0 Å². The number of nitrogens with zero attached hydrogens (tertiary/aromatic N) is 1. The van der Waals surface area contributed by atoms with Crippen molar-refractivity contribution in [3.63, 3.8) is 0 Å². The lowest BCUT2D eigenvalue weighted by Gasteiger charge is -2.16. The van der Waals surface area contributed by atoms with Crippen LogP contribution in [-0.2, 0) is 9.53 Å². The van der Waals surface area contributed by atoms with E-state index in [1.54, 1.807) is 19.9 Å². The number of esters is 1. The molecule has 4 nitrogen and oxygen atoms in total. The van der Waals surface area contributed by atoms with E-state index in [4.69, 9.17) is 10.00 Å². The summed E-state index contributed by atoms with van der Waals surface area (Å²) >= 11 is 0. The van der Waals surface area contributed by atoms with Crippen LogP contribution in [0.1, 0.15) is 32.3 Å². The van der Waals surface area contributed by atoms with E-state index >= 15 is 0 Å². The number of benzene rings is 1. The highest BCUT2D eigenvalue weighted by Crippen LogP contribution is 2.22. The molecular formula is C14H16F2N2O2. The number of ether oxygens (including phenoxy) is 1. The predicted molar refractivity (Wildman–Crippen MR) is 70.0 cm³/mol. The molecule has 0 fully saturated rings. The van der Waals surface area contributed by atoms with Crippen LogP contribution >= 0.6 is 0 Å². The van der Waals surface area contributed by atoms with Gasteiger partial charge in [0, 0.05) is 12.5 Å². The van der Waals surface area contributed by atoms with Gasteiger partial charge in [0.15, 0.2) is 11.6 Å². The van der Waals surface area contributed by atoms with Gasteiger partial charge in [0.05, 0.1) is 18.2 Å². The summed E-state index contributed by atoms with van der Waals surface area (Å²) in [5.41, 5.74) is -0.370. The first-order chi connectivity index (χ1) is 9.47. The van der Waals surface area contributed by atoms with E-state index in [0.717, 1.165) is 12.1 Å². The van der Waals surface area contributed by atoms with Gasteiger partial charge in [-0.2, -0.15) is 5.26 Å². The first-order valence-corrected chi connectivity index (χ1v) is 6.29. The van der Waals surface area contributed by atoms with Crippen molar-refractivity contribution in [1.82, 2.24) is 0 Å². The average Bonchev–Trinajstić information content (AvgIpc) is 2.40. The molecule has 0 aliphatic heterocycles.